The molecule has 0 aliphatic carbocycles. The lowest BCUT2D eigenvalue weighted by Crippen LogP contribution is -2.59. The van der Waals surface area contributed by atoms with E-state index in [9.17, 15) is 26.4 Å². The molecule has 2 N–H and O–H groups in total. The van der Waals surface area contributed by atoms with Crippen molar-refractivity contribution < 1.29 is 31.5 Å². The maximum absolute atomic E-state index is 11.9. The number of hydrogen-bond donors (Lipinski definition) is 2. The van der Waals surface area contributed by atoms with Crippen LogP contribution in [0.3, 0.4) is 0 Å². The first kappa shape index (κ1) is 15.9. The van der Waals surface area contributed by atoms with Crippen molar-refractivity contribution in [1.29, 1.82) is 0 Å². The fraction of sp³-hybridized carbons (Fsp3) is 0.750. The number of sulfonamides is 1. The van der Waals surface area contributed by atoms with Gasteiger partial charge in [0.25, 0.3) is 0 Å². The molecule has 110 valence electrons. The molecule has 19 heavy (non-hydrogen) atoms. The van der Waals surface area contributed by atoms with E-state index < -0.39 is 55.8 Å². The summed E-state index contributed by atoms with van der Waals surface area (Å²) in [5, 5.41) is 11.2. The number of amides is 1. The van der Waals surface area contributed by atoms with Gasteiger partial charge in [0.2, 0.25) is 15.9 Å². The van der Waals surface area contributed by atoms with Crippen LogP contribution in [0.25, 0.3) is 0 Å². The van der Waals surface area contributed by atoms with Crippen LogP contribution in [0.5, 0.6) is 0 Å². The predicted octanol–water partition coefficient (Wildman–Crippen LogP) is -2.75. The summed E-state index contributed by atoms with van der Waals surface area (Å²) >= 11 is 0. The number of piperazine rings is 1. The number of nitrogens with zero attached hydrogens (tertiary/aromatic N) is 1. The van der Waals surface area contributed by atoms with E-state index in [1.807, 2.05) is 0 Å². The molecule has 1 saturated heterocycles. The van der Waals surface area contributed by atoms with Crippen LogP contribution in [-0.4, -0.2) is 75.0 Å². The normalized spacial score (nSPS) is 21.9. The van der Waals surface area contributed by atoms with Gasteiger partial charge in [-0.25, -0.2) is 16.8 Å². The minimum absolute atomic E-state index is 0.341. The second-order valence-corrected chi connectivity index (χ2v) is 8.45. The Labute approximate surface area is 110 Å². The third kappa shape index (κ3) is 4.44. The smallest absolute Gasteiger partial charge is 0.323 e. The Morgan fingerprint density at radius 3 is 2.42 bits per heavy atom. The number of carboxylic acids is 1. The molecule has 9 nitrogen and oxygen atoms in total. The first-order valence-electron chi connectivity index (χ1n) is 5.20. The Bertz CT molecular complexity index is 580. The molecule has 0 radical (unpaired) electrons. The van der Waals surface area contributed by atoms with Crippen LogP contribution in [0.15, 0.2) is 0 Å². The summed E-state index contributed by atoms with van der Waals surface area (Å²) in [6, 6.07) is -1.41. The minimum Gasteiger partial charge on any atom is -0.480 e. The SMILES string of the molecule is CS(=O)(=O)CCS(=O)(=O)N1CC(=O)NCC1C(=O)O. The summed E-state index contributed by atoms with van der Waals surface area (Å²) < 4.78 is 46.3. The molecular weight excluding hydrogens is 300 g/mol. The van der Waals surface area contributed by atoms with Gasteiger partial charge in [-0.2, -0.15) is 4.31 Å². The lowest BCUT2D eigenvalue weighted by atomic mass is 10.2. The van der Waals surface area contributed by atoms with Gasteiger partial charge in [-0.1, -0.05) is 0 Å². The Balaban J connectivity index is 2.95. The van der Waals surface area contributed by atoms with Gasteiger partial charge in [0.15, 0.2) is 0 Å². The maximum atomic E-state index is 11.9. The largest absolute Gasteiger partial charge is 0.480 e. The van der Waals surface area contributed by atoms with Crippen LogP contribution in [0.2, 0.25) is 0 Å². The number of carboxylic acid groups (broad SMARTS) is 1. The molecule has 1 atom stereocenters. The summed E-state index contributed by atoms with van der Waals surface area (Å²) in [7, 11) is -7.63. The number of sulfone groups is 1. The second kappa shape index (κ2) is 5.43. The molecule has 0 aromatic heterocycles. The zero-order valence-electron chi connectivity index (χ0n) is 10.1. The second-order valence-electron chi connectivity index (χ2n) is 4.15. The van der Waals surface area contributed by atoms with Gasteiger partial charge in [-0.05, 0) is 0 Å². The molecule has 0 aromatic rings. The summed E-state index contributed by atoms with van der Waals surface area (Å²) in [5.41, 5.74) is 0. The Morgan fingerprint density at radius 2 is 1.95 bits per heavy atom. The van der Waals surface area contributed by atoms with Crippen LogP contribution in [0.1, 0.15) is 0 Å². The van der Waals surface area contributed by atoms with Gasteiger partial charge in [0.05, 0.1) is 18.1 Å². The van der Waals surface area contributed by atoms with Gasteiger partial charge in [-0.3, -0.25) is 9.59 Å². The third-order valence-electron chi connectivity index (χ3n) is 2.49. The molecule has 0 aromatic carbocycles. The molecule has 1 amide bonds. The summed E-state index contributed by atoms with van der Waals surface area (Å²) in [6.45, 7) is -0.963. The van der Waals surface area contributed by atoms with Crippen LogP contribution in [0.4, 0.5) is 0 Å². The molecule has 11 heteroatoms. The summed E-state index contributed by atoms with van der Waals surface area (Å²) in [4.78, 5) is 22.1. The number of hydrogen-bond acceptors (Lipinski definition) is 6. The van der Waals surface area contributed by atoms with Crippen molar-refractivity contribution in [1.82, 2.24) is 9.62 Å². The van der Waals surface area contributed by atoms with E-state index in [0.29, 0.717) is 4.31 Å². The van der Waals surface area contributed by atoms with Crippen molar-refractivity contribution in [2.75, 3.05) is 30.9 Å². The van der Waals surface area contributed by atoms with E-state index in [1.165, 1.54) is 0 Å². The number of carbonyl (C=O) groups is 2. The lowest BCUT2D eigenvalue weighted by Gasteiger charge is -2.31. The van der Waals surface area contributed by atoms with Gasteiger partial charge in [0.1, 0.15) is 15.9 Å². The molecule has 1 aliphatic rings. The van der Waals surface area contributed by atoms with E-state index in [-0.39, 0.29) is 6.54 Å². The predicted molar refractivity (Wildman–Crippen MR) is 64.6 cm³/mol. The highest BCUT2D eigenvalue weighted by molar-refractivity contribution is 7.93. The Hall–Kier alpha value is -1.20. The van der Waals surface area contributed by atoms with Crippen LogP contribution < -0.4 is 5.32 Å². The molecule has 0 saturated carbocycles. The van der Waals surface area contributed by atoms with Crippen molar-refractivity contribution in [3.63, 3.8) is 0 Å². The van der Waals surface area contributed by atoms with E-state index in [0.717, 1.165) is 6.26 Å². The van der Waals surface area contributed by atoms with E-state index in [1.54, 1.807) is 0 Å². The highest BCUT2D eigenvalue weighted by atomic mass is 32.2. The number of rotatable bonds is 5. The summed E-state index contributed by atoms with van der Waals surface area (Å²) in [6.07, 6.45) is 0.875. The molecule has 1 heterocycles. The number of carbonyl (C=O) groups excluding carboxylic acids is 1. The third-order valence-corrected chi connectivity index (χ3v) is 5.52. The number of nitrogens with one attached hydrogen (secondary N) is 1. The van der Waals surface area contributed by atoms with Gasteiger partial charge in [-0.15, -0.1) is 0 Å². The quantitative estimate of drug-likeness (QED) is 0.561. The first-order chi connectivity index (χ1) is 8.53. The molecular formula is C8H14N2O7S2. The zero-order valence-corrected chi connectivity index (χ0v) is 11.7. The van der Waals surface area contributed by atoms with E-state index in [4.69, 9.17) is 5.11 Å². The summed E-state index contributed by atoms with van der Waals surface area (Å²) in [5.74, 6) is -3.40. The first-order valence-corrected chi connectivity index (χ1v) is 8.86. The van der Waals surface area contributed by atoms with Gasteiger partial charge >= 0.3 is 5.97 Å². The molecule has 0 spiro atoms. The Kier molecular flexibility index (Phi) is 4.53. The van der Waals surface area contributed by atoms with Gasteiger partial charge < -0.3 is 10.4 Å². The lowest BCUT2D eigenvalue weighted by molar-refractivity contribution is -0.143. The van der Waals surface area contributed by atoms with E-state index >= 15 is 0 Å². The highest BCUT2D eigenvalue weighted by Crippen LogP contribution is 2.12. The van der Waals surface area contributed by atoms with E-state index in [2.05, 4.69) is 5.32 Å². The molecule has 1 unspecified atom stereocenters. The van der Waals surface area contributed by atoms with Crippen LogP contribution in [-0.2, 0) is 29.4 Å². The Morgan fingerprint density at radius 1 is 1.37 bits per heavy atom. The average Bonchev–Trinajstić information content (AvgIpc) is 2.25. The number of aliphatic carboxylic acids is 1. The van der Waals surface area contributed by atoms with Crippen molar-refractivity contribution in [3.05, 3.63) is 0 Å². The topological polar surface area (TPSA) is 138 Å². The molecule has 1 rings (SSSR count). The van der Waals surface area contributed by atoms with Crippen molar-refractivity contribution in [3.8, 4) is 0 Å². The standard InChI is InChI=1S/C8H14N2O7S2/c1-18(14,15)2-3-19(16,17)10-5-7(11)9-4-6(10)8(12)13/h6H,2-5H2,1H3,(H,9,11)(H,12,13). The maximum Gasteiger partial charge on any atom is 0.323 e. The fourth-order valence-corrected chi connectivity index (χ4v) is 4.65. The fourth-order valence-electron chi connectivity index (χ4n) is 1.50. The van der Waals surface area contributed by atoms with Crippen molar-refractivity contribution in [2.45, 2.75) is 6.04 Å². The molecule has 1 fully saturated rings. The van der Waals surface area contributed by atoms with Gasteiger partial charge in [0, 0.05) is 12.8 Å². The van der Waals surface area contributed by atoms with Crippen LogP contribution >= 0.6 is 0 Å². The highest BCUT2D eigenvalue weighted by Gasteiger charge is 2.39. The minimum atomic E-state index is -4.13. The molecule has 1 aliphatic heterocycles. The van der Waals surface area contributed by atoms with Crippen molar-refractivity contribution >= 4 is 31.7 Å². The van der Waals surface area contributed by atoms with Crippen molar-refractivity contribution in [2.24, 2.45) is 0 Å². The molecule has 0 bridgehead atoms. The zero-order chi connectivity index (χ0) is 14.8. The van der Waals surface area contributed by atoms with Crippen LogP contribution in [0, 0.1) is 0 Å². The monoisotopic (exact) mass is 314 g/mol. The average molecular weight is 314 g/mol.